The Labute approximate surface area is 131 Å². The van der Waals surface area contributed by atoms with E-state index in [1.54, 1.807) is 0 Å². The van der Waals surface area contributed by atoms with Crippen molar-refractivity contribution in [2.45, 2.75) is 19.4 Å². The largest absolute Gasteiger partial charge is 0.345 e. The average Bonchev–Trinajstić information content (AvgIpc) is 2.51. The Morgan fingerprint density at radius 1 is 1.32 bits per heavy atom. The number of benzene rings is 1. The maximum Gasteiger partial charge on any atom is 0.222 e. The predicted molar refractivity (Wildman–Crippen MR) is 88.4 cm³/mol. The molecule has 22 heavy (non-hydrogen) atoms. The Morgan fingerprint density at radius 3 is 2.95 bits per heavy atom. The Bertz CT molecular complexity index is 665. The molecule has 0 radical (unpaired) electrons. The molecular weight excluding hydrogens is 274 g/mol. The molecule has 1 saturated heterocycles. The molecule has 4 nitrogen and oxygen atoms in total. The highest BCUT2D eigenvalue weighted by Gasteiger charge is 2.23. The van der Waals surface area contributed by atoms with Crippen molar-refractivity contribution in [2.75, 3.05) is 27.2 Å². The zero-order valence-corrected chi connectivity index (χ0v) is 13.3. The third-order valence-electron chi connectivity index (χ3n) is 4.45. The first-order valence-electron chi connectivity index (χ1n) is 7.88. The van der Waals surface area contributed by atoms with Gasteiger partial charge in [0.05, 0.1) is 5.52 Å². The zero-order chi connectivity index (χ0) is 15.5. The smallest absolute Gasteiger partial charge is 0.222 e. The van der Waals surface area contributed by atoms with Gasteiger partial charge in [0.2, 0.25) is 5.91 Å². The van der Waals surface area contributed by atoms with Crippen LogP contribution in [0, 0.1) is 5.92 Å². The SMILES string of the molecule is CN(Cc1cccc2cccnc12)CC1CCC(=O)N(C)C1. The number of piperidine rings is 1. The maximum atomic E-state index is 11.6. The molecule has 0 aliphatic carbocycles. The van der Waals surface area contributed by atoms with Crippen LogP contribution in [0.3, 0.4) is 0 Å². The lowest BCUT2D eigenvalue weighted by Gasteiger charge is -2.32. The summed E-state index contributed by atoms with van der Waals surface area (Å²) in [7, 11) is 4.06. The van der Waals surface area contributed by atoms with Crippen LogP contribution in [0.5, 0.6) is 0 Å². The quantitative estimate of drug-likeness (QED) is 0.870. The van der Waals surface area contributed by atoms with E-state index in [1.807, 2.05) is 24.2 Å². The fourth-order valence-corrected chi connectivity index (χ4v) is 3.34. The maximum absolute atomic E-state index is 11.6. The second-order valence-corrected chi connectivity index (χ2v) is 6.37. The third-order valence-corrected chi connectivity index (χ3v) is 4.45. The second-order valence-electron chi connectivity index (χ2n) is 6.37. The molecule has 1 amide bonds. The Morgan fingerprint density at radius 2 is 2.14 bits per heavy atom. The molecule has 0 bridgehead atoms. The number of aromatic nitrogens is 1. The van der Waals surface area contributed by atoms with Crippen molar-refractivity contribution in [3.63, 3.8) is 0 Å². The lowest BCUT2D eigenvalue weighted by atomic mass is 9.97. The van der Waals surface area contributed by atoms with Gasteiger partial charge in [0.15, 0.2) is 0 Å². The molecular formula is C18H23N3O. The minimum absolute atomic E-state index is 0.275. The van der Waals surface area contributed by atoms with E-state index in [-0.39, 0.29) is 5.91 Å². The zero-order valence-electron chi connectivity index (χ0n) is 13.3. The van der Waals surface area contributed by atoms with E-state index in [0.29, 0.717) is 12.3 Å². The lowest BCUT2D eigenvalue weighted by molar-refractivity contribution is -0.133. The Balaban J connectivity index is 1.66. The molecule has 1 aliphatic rings. The van der Waals surface area contributed by atoms with Crippen LogP contribution < -0.4 is 0 Å². The molecule has 4 heteroatoms. The van der Waals surface area contributed by atoms with Gasteiger partial charge in [-0.15, -0.1) is 0 Å². The summed E-state index contributed by atoms with van der Waals surface area (Å²) in [6, 6.07) is 10.4. The van der Waals surface area contributed by atoms with Crippen molar-refractivity contribution in [1.29, 1.82) is 0 Å². The second kappa shape index (κ2) is 6.44. The van der Waals surface area contributed by atoms with Crippen molar-refractivity contribution >= 4 is 16.8 Å². The van der Waals surface area contributed by atoms with Gasteiger partial charge in [0.1, 0.15) is 0 Å². The summed E-state index contributed by atoms with van der Waals surface area (Å²) < 4.78 is 0. The van der Waals surface area contributed by atoms with Crippen LogP contribution in [0.2, 0.25) is 0 Å². The summed E-state index contributed by atoms with van der Waals surface area (Å²) in [5, 5.41) is 1.19. The molecule has 1 aliphatic heterocycles. The van der Waals surface area contributed by atoms with Gasteiger partial charge in [-0.1, -0.05) is 24.3 Å². The molecule has 116 valence electrons. The lowest BCUT2D eigenvalue weighted by Crippen LogP contribution is -2.41. The Kier molecular flexibility index (Phi) is 4.39. The van der Waals surface area contributed by atoms with Gasteiger partial charge in [-0.25, -0.2) is 0 Å². The predicted octanol–water partition coefficient (Wildman–Crippen LogP) is 2.54. The van der Waals surface area contributed by atoms with Gasteiger partial charge >= 0.3 is 0 Å². The molecule has 2 heterocycles. The first-order chi connectivity index (χ1) is 10.6. The number of nitrogens with zero attached hydrogens (tertiary/aromatic N) is 3. The highest BCUT2D eigenvalue weighted by molar-refractivity contribution is 5.81. The summed E-state index contributed by atoms with van der Waals surface area (Å²) in [6.45, 7) is 2.78. The van der Waals surface area contributed by atoms with Gasteiger partial charge in [-0.2, -0.15) is 0 Å². The van der Waals surface area contributed by atoms with Crippen LogP contribution in [-0.2, 0) is 11.3 Å². The van der Waals surface area contributed by atoms with Crippen molar-refractivity contribution in [3.05, 3.63) is 42.1 Å². The number of rotatable bonds is 4. The van der Waals surface area contributed by atoms with Crippen LogP contribution in [0.1, 0.15) is 18.4 Å². The number of amides is 1. The number of likely N-dealkylation sites (tertiary alicyclic amines) is 1. The van der Waals surface area contributed by atoms with Gasteiger partial charge < -0.3 is 9.80 Å². The van der Waals surface area contributed by atoms with Crippen molar-refractivity contribution in [1.82, 2.24) is 14.8 Å². The van der Waals surface area contributed by atoms with E-state index in [1.165, 1.54) is 10.9 Å². The first kappa shape index (κ1) is 15.0. The van der Waals surface area contributed by atoms with Crippen molar-refractivity contribution < 1.29 is 4.79 Å². The normalized spacial score (nSPS) is 19.1. The van der Waals surface area contributed by atoms with Gasteiger partial charge in [0.25, 0.3) is 0 Å². The molecule has 1 aromatic carbocycles. The molecule has 1 fully saturated rings. The van der Waals surface area contributed by atoms with Crippen LogP contribution in [0.15, 0.2) is 36.5 Å². The molecule has 2 aromatic rings. The minimum Gasteiger partial charge on any atom is -0.345 e. The molecule has 0 saturated carbocycles. The number of para-hydroxylation sites is 1. The monoisotopic (exact) mass is 297 g/mol. The van der Waals surface area contributed by atoms with E-state index in [9.17, 15) is 4.79 Å². The van der Waals surface area contributed by atoms with E-state index in [4.69, 9.17) is 0 Å². The number of pyridine rings is 1. The number of carbonyl (C=O) groups is 1. The molecule has 1 unspecified atom stereocenters. The van der Waals surface area contributed by atoms with Crippen molar-refractivity contribution in [2.24, 2.45) is 5.92 Å². The third kappa shape index (κ3) is 3.28. The highest BCUT2D eigenvalue weighted by Crippen LogP contribution is 2.20. The first-order valence-corrected chi connectivity index (χ1v) is 7.88. The molecule has 0 spiro atoms. The van der Waals surface area contributed by atoms with E-state index >= 15 is 0 Å². The number of fused-ring (bicyclic) bond motifs is 1. The topological polar surface area (TPSA) is 36.4 Å². The average molecular weight is 297 g/mol. The summed E-state index contributed by atoms with van der Waals surface area (Å²) in [5.41, 5.74) is 2.36. The van der Waals surface area contributed by atoms with Crippen LogP contribution >= 0.6 is 0 Å². The van der Waals surface area contributed by atoms with Crippen LogP contribution in [0.25, 0.3) is 10.9 Å². The fraction of sp³-hybridized carbons (Fsp3) is 0.444. The molecule has 1 aromatic heterocycles. The summed E-state index contributed by atoms with van der Waals surface area (Å²) in [6.07, 6.45) is 3.54. The fourth-order valence-electron chi connectivity index (χ4n) is 3.34. The van der Waals surface area contributed by atoms with E-state index < -0.39 is 0 Å². The summed E-state index contributed by atoms with van der Waals surface area (Å²) >= 11 is 0. The molecule has 3 rings (SSSR count). The number of hydrogen-bond acceptors (Lipinski definition) is 3. The van der Waals surface area contributed by atoms with Crippen molar-refractivity contribution in [3.8, 4) is 0 Å². The van der Waals surface area contributed by atoms with Gasteiger partial charge in [0, 0.05) is 44.7 Å². The Hall–Kier alpha value is -1.94. The molecule has 1 atom stereocenters. The highest BCUT2D eigenvalue weighted by atomic mass is 16.2. The van der Waals surface area contributed by atoms with Gasteiger partial charge in [-0.05, 0) is 31.0 Å². The molecule has 0 N–H and O–H groups in total. The standard InChI is InChI=1S/C18H23N3O/c1-20(11-14-8-9-17(22)21(2)12-14)13-16-6-3-5-15-7-4-10-19-18(15)16/h3-7,10,14H,8-9,11-13H2,1-2H3. The summed E-state index contributed by atoms with van der Waals surface area (Å²) in [4.78, 5) is 20.3. The minimum atomic E-state index is 0.275. The number of carbonyl (C=O) groups excluding carboxylic acids is 1. The van der Waals surface area contributed by atoms with E-state index in [2.05, 4.69) is 41.2 Å². The van der Waals surface area contributed by atoms with E-state index in [0.717, 1.165) is 31.6 Å². The van der Waals surface area contributed by atoms with Gasteiger partial charge in [-0.3, -0.25) is 9.78 Å². The van der Waals surface area contributed by atoms with Crippen LogP contribution in [0.4, 0.5) is 0 Å². The summed E-state index contributed by atoms with van der Waals surface area (Å²) in [5.74, 6) is 0.841. The number of hydrogen-bond donors (Lipinski definition) is 0. The van der Waals surface area contributed by atoms with Crippen LogP contribution in [-0.4, -0.2) is 47.9 Å².